The van der Waals surface area contributed by atoms with Crippen molar-refractivity contribution in [2.24, 2.45) is 5.16 Å². The molecule has 182 valence electrons. The van der Waals surface area contributed by atoms with Crippen LogP contribution in [0.1, 0.15) is 26.5 Å². The highest BCUT2D eigenvalue weighted by molar-refractivity contribution is 8.00. The molecule has 2 aliphatic heterocycles. The lowest BCUT2D eigenvalue weighted by molar-refractivity contribution is -0.182. The third kappa shape index (κ3) is 5.22. The number of rotatable bonds is 8. The number of nitrogens with two attached hydrogens (primary N) is 1. The maximum absolute atomic E-state index is 13.0. The normalized spacial score (nSPS) is 21.0. The zero-order chi connectivity index (χ0) is 25.0. The molecule has 1 aromatic rings. The van der Waals surface area contributed by atoms with Gasteiger partial charge in [0.1, 0.15) is 29.9 Å². The monoisotopic (exact) mass is 509 g/mol. The molecule has 3 atom stereocenters. The van der Waals surface area contributed by atoms with Crippen LogP contribution in [0.2, 0.25) is 0 Å². The predicted molar refractivity (Wildman–Crippen MR) is 124 cm³/mol. The van der Waals surface area contributed by atoms with Crippen molar-refractivity contribution in [1.82, 2.24) is 15.2 Å². The van der Waals surface area contributed by atoms with E-state index in [1.807, 2.05) is 0 Å². The molecular formula is C20H23N5O7S2. The van der Waals surface area contributed by atoms with Crippen LogP contribution in [0.25, 0.3) is 0 Å². The Morgan fingerprint density at radius 2 is 2.12 bits per heavy atom. The third-order valence-corrected chi connectivity index (χ3v) is 6.59. The van der Waals surface area contributed by atoms with E-state index >= 15 is 0 Å². The van der Waals surface area contributed by atoms with E-state index in [0.717, 1.165) is 11.3 Å². The summed E-state index contributed by atoms with van der Waals surface area (Å²) < 4.78 is 10.1. The molecule has 3 heterocycles. The number of amides is 2. The van der Waals surface area contributed by atoms with Crippen molar-refractivity contribution in [2.45, 2.75) is 38.5 Å². The number of anilines is 1. The van der Waals surface area contributed by atoms with Crippen LogP contribution >= 0.6 is 23.1 Å². The van der Waals surface area contributed by atoms with Gasteiger partial charge in [0.2, 0.25) is 6.29 Å². The number of carbonyl (C=O) groups is 4. The molecule has 0 spiro atoms. The lowest BCUT2D eigenvalue weighted by Crippen LogP contribution is -2.71. The highest BCUT2D eigenvalue weighted by atomic mass is 32.2. The maximum Gasteiger partial charge on any atom is 0.358 e. The van der Waals surface area contributed by atoms with Crippen LogP contribution in [0.4, 0.5) is 5.13 Å². The number of thiazole rings is 1. The van der Waals surface area contributed by atoms with Gasteiger partial charge < -0.3 is 25.4 Å². The molecule has 0 bridgehead atoms. The Morgan fingerprint density at radius 1 is 1.38 bits per heavy atom. The minimum absolute atomic E-state index is 0.0365. The van der Waals surface area contributed by atoms with Gasteiger partial charge in [-0.1, -0.05) is 17.3 Å². The van der Waals surface area contributed by atoms with E-state index in [2.05, 4.69) is 15.5 Å². The fourth-order valence-electron chi connectivity index (χ4n) is 3.33. The Bertz CT molecular complexity index is 1100. The molecule has 2 aliphatic rings. The van der Waals surface area contributed by atoms with Gasteiger partial charge in [-0.2, -0.15) is 0 Å². The van der Waals surface area contributed by atoms with Gasteiger partial charge in [0, 0.05) is 25.0 Å². The third-order valence-electron chi connectivity index (χ3n) is 4.61. The summed E-state index contributed by atoms with van der Waals surface area (Å²) in [6.45, 7) is 4.36. The molecule has 2 amide bonds. The van der Waals surface area contributed by atoms with Crippen molar-refractivity contribution >= 4 is 57.7 Å². The number of carbonyl (C=O) groups excluding carboxylic acids is 4. The topological polar surface area (TPSA) is 163 Å². The standard InChI is InChI=1S/C20H23N5O7S2/c1-5-6-11-7-33-18-14(23-16(27)13(24-30-4)12-8-34-20(21)22-12)17(28)25(18)15(11)19(29)32-10(3)31-9(2)26/h5-6,8,10,14,18H,7H2,1-4H3,(H2,21,22)(H,23,27)/b6-5-,24-13-/t10?,14-,18+/m1/s1. The van der Waals surface area contributed by atoms with E-state index in [-0.39, 0.29) is 22.2 Å². The summed E-state index contributed by atoms with van der Waals surface area (Å²) in [5.41, 5.74) is 6.32. The molecule has 0 aromatic carbocycles. The van der Waals surface area contributed by atoms with Crippen molar-refractivity contribution in [3.63, 3.8) is 0 Å². The molecular weight excluding hydrogens is 486 g/mol. The average molecular weight is 510 g/mol. The van der Waals surface area contributed by atoms with Crippen molar-refractivity contribution in [1.29, 1.82) is 0 Å². The summed E-state index contributed by atoms with van der Waals surface area (Å²) in [6, 6.07) is -0.920. The molecule has 1 unspecified atom stereocenters. The summed E-state index contributed by atoms with van der Waals surface area (Å²) in [5, 5.41) is 7.58. The number of nitrogens with zero attached hydrogens (tertiary/aromatic N) is 3. The molecule has 0 aliphatic carbocycles. The van der Waals surface area contributed by atoms with Gasteiger partial charge in [0.15, 0.2) is 10.8 Å². The molecule has 14 heteroatoms. The zero-order valence-electron chi connectivity index (χ0n) is 18.8. The Hall–Kier alpha value is -3.39. The summed E-state index contributed by atoms with van der Waals surface area (Å²) >= 11 is 2.50. The van der Waals surface area contributed by atoms with Gasteiger partial charge in [-0.05, 0) is 12.5 Å². The maximum atomic E-state index is 13.0. The number of thioether (sulfide) groups is 1. The van der Waals surface area contributed by atoms with Crippen molar-refractivity contribution < 1.29 is 33.5 Å². The van der Waals surface area contributed by atoms with Gasteiger partial charge in [0.05, 0.1) is 0 Å². The Labute approximate surface area is 203 Å². The second-order valence-corrected chi connectivity index (χ2v) is 9.01. The molecule has 3 N–H and O–H groups in total. The van der Waals surface area contributed by atoms with Gasteiger partial charge in [-0.25, -0.2) is 9.78 Å². The van der Waals surface area contributed by atoms with Crippen LogP contribution < -0.4 is 11.1 Å². The summed E-state index contributed by atoms with van der Waals surface area (Å²) in [4.78, 5) is 59.9. The Morgan fingerprint density at radius 3 is 2.71 bits per heavy atom. The number of esters is 2. The van der Waals surface area contributed by atoms with Gasteiger partial charge in [0.25, 0.3) is 11.8 Å². The van der Waals surface area contributed by atoms with Crippen LogP contribution in [0, 0.1) is 0 Å². The van der Waals surface area contributed by atoms with Crippen LogP contribution in [0.3, 0.4) is 0 Å². The van der Waals surface area contributed by atoms with Gasteiger partial charge in [-0.3, -0.25) is 19.3 Å². The minimum atomic E-state index is -1.14. The van der Waals surface area contributed by atoms with E-state index in [9.17, 15) is 19.2 Å². The van der Waals surface area contributed by atoms with E-state index in [0.29, 0.717) is 11.3 Å². The van der Waals surface area contributed by atoms with Crippen molar-refractivity contribution in [2.75, 3.05) is 18.6 Å². The van der Waals surface area contributed by atoms with Crippen LogP contribution in [0.15, 0.2) is 34.0 Å². The summed E-state index contributed by atoms with van der Waals surface area (Å²) in [6.07, 6.45) is 2.30. The molecule has 12 nitrogen and oxygen atoms in total. The minimum Gasteiger partial charge on any atom is -0.426 e. The molecule has 0 radical (unpaired) electrons. The molecule has 1 aromatic heterocycles. The number of hydrogen-bond donors (Lipinski definition) is 2. The SMILES string of the molecule is C/C=C\C1=C(C(=O)OC(C)OC(C)=O)N2C(=O)[C@@H](NC(=O)/C(=N\OC)c3csc(N)n3)[C@@H]2SC1. The number of allylic oxidation sites excluding steroid dienone is 2. The number of fused-ring (bicyclic) bond motifs is 1. The first kappa shape index (κ1) is 25.2. The fourth-order valence-corrected chi connectivity index (χ4v) is 5.19. The smallest absolute Gasteiger partial charge is 0.358 e. The largest absolute Gasteiger partial charge is 0.426 e. The number of ether oxygens (including phenoxy) is 2. The number of hydrogen-bond acceptors (Lipinski definition) is 12. The number of oxime groups is 1. The van der Waals surface area contributed by atoms with E-state index in [1.165, 1.54) is 37.6 Å². The second kappa shape index (κ2) is 10.7. The number of nitrogen functional groups attached to an aromatic ring is 1. The molecule has 0 saturated carbocycles. The first-order valence-corrected chi connectivity index (χ1v) is 11.9. The predicted octanol–water partition coefficient (Wildman–Crippen LogP) is 0.758. The van der Waals surface area contributed by atoms with Crippen LogP contribution in [0.5, 0.6) is 0 Å². The lowest BCUT2D eigenvalue weighted by atomic mass is 10.0. The molecule has 1 saturated heterocycles. The highest BCUT2D eigenvalue weighted by Gasteiger charge is 2.54. The van der Waals surface area contributed by atoms with Gasteiger partial charge in [-0.15, -0.1) is 23.1 Å². The highest BCUT2D eigenvalue weighted by Crippen LogP contribution is 2.41. The quantitative estimate of drug-likeness (QED) is 0.168. The second-order valence-electron chi connectivity index (χ2n) is 7.01. The fraction of sp³-hybridized carbons (Fsp3) is 0.400. The van der Waals surface area contributed by atoms with Crippen LogP contribution in [-0.2, 0) is 33.5 Å². The van der Waals surface area contributed by atoms with Crippen molar-refractivity contribution in [3.8, 4) is 0 Å². The first-order valence-electron chi connectivity index (χ1n) is 10.00. The summed E-state index contributed by atoms with van der Waals surface area (Å²) in [7, 11) is 1.28. The van der Waals surface area contributed by atoms with E-state index in [1.54, 1.807) is 24.5 Å². The van der Waals surface area contributed by atoms with Gasteiger partial charge >= 0.3 is 11.9 Å². The number of aromatic nitrogens is 1. The lowest BCUT2D eigenvalue weighted by Gasteiger charge is -2.49. The molecule has 1 fully saturated rings. The van der Waals surface area contributed by atoms with E-state index < -0.39 is 41.5 Å². The van der Waals surface area contributed by atoms with Crippen molar-refractivity contribution in [3.05, 3.63) is 34.5 Å². The van der Waals surface area contributed by atoms with E-state index in [4.69, 9.17) is 20.0 Å². The van der Waals surface area contributed by atoms with Crippen LogP contribution in [-0.4, -0.2) is 69.9 Å². The number of nitrogens with one attached hydrogen (secondary N) is 1. The number of β-lactam (4-membered cyclic amide) rings is 1. The first-order chi connectivity index (χ1) is 16.2. The Kier molecular flexibility index (Phi) is 7.94. The molecule has 34 heavy (non-hydrogen) atoms. The molecule has 3 rings (SSSR count). The summed E-state index contributed by atoms with van der Waals surface area (Å²) in [5.74, 6) is -2.22. The Balaban J connectivity index is 1.79. The zero-order valence-corrected chi connectivity index (χ0v) is 20.4. The average Bonchev–Trinajstić information content (AvgIpc) is 3.20.